The molecular weight excluding hydrogens is 335 g/mol. The van der Waals surface area contributed by atoms with Gasteiger partial charge in [-0.1, -0.05) is 34.1 Å². The molecule has 1 aliphatic rings. The van der Waals surface area contributed by atoms with Crippen LogP contribution in [0.5, 0.6) is 0 Å². The number of amides is 1. The normalized spacial score (nSPS) is 14.0. The maximum Gasteiger partial charge on any atom is 0.257 e. The molecule has 1 aliphatic carbocycles. The molecule has 1 heterocycles. The molecular formula is C16H14BrFN2O. The Morgan fingerprint density at radius 1 is 1.33 bits per heavy atom. The van der Waals surface area contributed by atoms with Crippen LogP contribution in [-0.4, -0.2) is 21.8 Å². The van der Waals surface area contributed by atoms with Gasteiger partial charge in [0.15, 0.2) is 5.82 Å². The number of hydrogen-bond acceptors (Lipinski definition) is 2. The fraction of sp³-hybridized carbons (Fsp3) is 0.250. The summed E-state index contributed by atoms with van der Waals surface area (Å²) < 4.78 is 14.7. The van der Waals surface area contributed by atoms with Crippen molar-refractivity contribution < 1.29 is 9.18 Å². The van der Waals surface area contributed by atoms with Crippen LogP contribution in [-0.2, 0) is 6.54 Å². The predicted molar refractivity (Wildman–Crippen MR) is 81.2 cm³/mol. The summed E-state index contributed by atoms with van der Waals surface area (Å²) in [6, 6.07) is 9.42. The van der Waals surface area contributed by atoms with Gasteiger partial charge in [0.2, 0.25) is 0 Å². The van der Waals surface area contributed by atoms with Crippen molar-refractivity contribution in [3.05, 3.63) is 64.1 Å². The third-order valence-corrected chi connectivity index (χ3v) is 4.32. The number of pyridine rings is 1. The van der Waals surface area contributed by atoms with E-state index in [1.165, 1.54) is 12.3 Å². The average Bonchev–Trinajstić information content (AvgIpc) is 3.31. The quantitative estimate of drug-likeness (QED) is 0.842. The van der Waals surface area contributed by atoms with E-state index in [-0.39, 0.29) is 17.5 Å². The van der Waals surface area contributed by atoms with E-state index < -0.39 is 5.82 Å². The van der Waals surface area contributed by atoms with Gasteiger partial charge in [-0.25, -0.2) is 4.39 Å². The number of nitrogens with zero attached hydrogens (tertiary/aromatic N) is 2. The second-order valence-electron chi connectivity index (χ2n) is 5.11. The molecule has 1 fully saturated rings. The minimum Gasteiger partial charge on any atom is -0.331 e. The third kappa shape index (κ3) is 3.13. The van der Waals surface area contributed by atoms with Crippen molar-refractivity contribution in [3.8, 4) is 0 Å². The van der Waals surface area contributed by atoms with Crippen LogP contribution in [0.1, 0.15) is 28.8 Å². The SMILES string of the molecule is O=C(c1ccncc1F)N(Cc1ccccc1Br)C1CC1. The number of benzene rings is 1. The Hall–Kier alpha value is -1.75. The van der Waals surface area contributed by atoms with E-state index in [1.54, 1.807) is 4.90 Å². The van der Waals surface area contributed by atoms with E-state index in [9.17, 15) is 9.18 Å². The lowest BCUT2D eigenvalue weighted by atomic mass is 10.1. The van der Waals surface area contributed by atoms with Crippen molar-refractivity contribution in [1.82, 2.24) is 9.88 Å². The molecule has 0 bridgehead atoms. The Bertz CT molecular complexity index is 673. The molecule has 1 amide bonds. The van der Waals surface area contributed by atoms with Gasteiger partial charge in [0.1, 0.15) is 0 Å². The molecule has 3 nitrogen and oxygen atoms in total. The molecule has 1 saturated carbocycles. The van der Waals surface area contributed by atoms with Crippen molar-refractivity contribution in [3.63, 3.8) is 0 Å². The van der Waals surface area contributed by atoms with Crippen LogP contribution in [0.25, 0.3) is 0 Å². The fourth-order valence-electron chi connectivity index (χ4n) is 2.27. The first kappa shape index (κ1) is 14.2. The Labute approximate surface area is 130 Å². The number of halogens is 2. The van der Waals surface area contributed by atoms with Gasteiger partial charge in [0, 0.05) is 23.3 Å². The first-order chi connectivity index (χ1) is 10.2. The summed E-state index contributed by atoms with van der Waals surface area (Å²) in [4.78, 5) is 18.0. The van der Waals surface area contributed by atoms with Crippen LogP contribution in [0.15, 0.2) is 47.2 Å². The van der Waals surface area contributed by atoms with E-state index in [0.717, 1.165) is 29.1 Å². The molecule has 0 saturated heterocycles. The lowest BCUT2D eigenvalue weighted by molar-refractivity contribution is 0.0724. The minimum atomic E-state index is -0.569. The maximum absolute atomic E-state index is 13.8. The lowest BCUT2D eigenvalue weighted by Gasteiger charge is -2.23. The largest absolute Gasteiger partial charge is 0.331 e. The molecule has 0 atom stereocenters. The van der Waals surface area contributed by atoms with Gasteiger partial charge in [-0.05, 0) is 30.5 Å². The number of aromatic nitrogens is 1. The smallest absolute Gasteiger partial charge is 0.257 e. The number of carbonyl (C=O) groups is 1. The number of carbonyl (C=O) groups excluding carboxylic acids is 1. The molecule has 0 aliphatic heterocycles. The van der Waals surface area contributed by atoms with Crippen molar-refractivity contribution in [2.45, 2.75) is 25.4 Å². The van der Waals surface area contributed by atoms with Gasteiger partial charge < -0.3 is 4.90 Å². The summed E-state index contributed by atoms with van der Waals surface area (Å²) in [7, 11) is 0. The Morgan fingerprint density at radius 2 is 2.10 bits per heavy atom. The van der Waals surface area contributed by atoms with Gasteiger partial charge in [-0.3, -0.25) is 9.78 Å². The molecule has 21 heavy (non-hydrogen) atoms. The fourth-order valence-corrected chi connectivity index (χ4v) is 2.68. The zero-order valence-corrected chi connectivity index (χ0v) is 12.9. The zero-order valence-electron chi connectivity index (χ0n) is 11.3. The van der Waals surface area contributed by atoms with Gasteiger partial charge >= 0.3 is 0 Å². The summed E-state index contributed by atoms with van der Waals surface area (Å²) in [6.45, 7) is 0.479. The van der Waals surface area contributed by atoms with E-state index >= 15 is 0 Å². The van der Waals surface area contributed by atoms with Gasteiger partial charge in [-0.2, -0.15) is 0 Å². The summed E-state index contributed by atoms with van der Waals surface area (Å²) in [5.41, 5.74) is 1.11. The molecule has 2 aromatic rings. The van der Waals surface area contributed by atoms with E-state index in [2.05, 4.69) is 20.9 Å². The van der Waals surface area contributed by atoms with Crippen molar-refractivity contribution in [2.75, 3.05) is 0 Å². The molecule has 0 radical (unpaired) electrons. The topological polar surface area (TPSA) is 33.2 Å². The third-order valence-electron chi connectivity index (χ3n) is 3.55. The molecule has 1 aromatic heterocycles. The number of hydrogen-bond donors (Lipinski definition) is 0. The Kier molecular flexibility index (Phi) is 4.01. The molecule has 0 unspecified atom stereocenters. The molecule has 0 spiro atoms. The maximum atomic E-state index is 13.8. The minimum absolute atomic E-state index is 0.0870. The van der Waals surface area contributed by atoms with Crippen LogP contribution in [0.3, 0.4) is 0 Å². The molecule has 5 heteroatoms. The van der Waals surface area contributed by atoms with Gasteiger partial charge in [0.25, 0.3) is 5.91 Å². The summed E-state index contributed by atoms with van der Waals surface area (Å²) in [5, 5.41) is 0. The predicted octanol–water partition coefficient (Wildman–Crippen LogP) is 3.79. The Morgan fingerprint density at radius 3 is 2.76 bits per heavy atom. The monoisotopic (exact) mass is 348 g/mol. The molecule has 0 N–H and O–H groups in total. The van der Waals surface area contributed by atoms with Crippen LogP contribution in [0.2, 0.25) is 0 Å². The highest BCUT2D eigenvalue weighted by Crippen LogP contribution is 2.31. The summed E-state index contributed by atoms with van der Waals surface area (Å²) in [6.07, 6.45) is 4.47. The highest BCUT2D eigenvalue weighted by Gasteiger charge is 2.34. The van der Waals surface area contributed by atoms with Crippen molar-refractivity contribution >= 4 is 21.8 Å². The van der Waals surface area contributed by atoms with Crippen molar-refractivity contribution in [1.29, 1.82) is 0 Å². The standard InChI is InChI=1S/C16H14BrFN2O/c17-14-4-2-1-3-11(14)10-20(12-5-6-12)16(21)13-7-8-19-9-15(13)18/h1-4,7-9,12H,5-6,10H2. The van der Waals surface area contributed by atoms with Crippen molar-refractivity contribution in [2.24, 2.45) is 0 Å². The Balaban J connectivity index is 1.87. The first-order valence-corrected chi connectivity index (χ1v) is 7.60. The van der Waals surface area contributed by atoms with Gasteiger partial charge in [0.05, 0.1) is 11.8 Å². The molecule has 1 aromatic carbocycles. The summed E-state index contributed by atoms with van der Waals surface area (Å²) in [5.74, 6) is -0.839. The second-order valence-corrected chi connectivity index (χ2v) is 5.97. The summed E-state index contributed by atoms with van der Waals surface area (Å²) >= 11 is 3.49. The first-order valence-electron chi connectivity index (χ1n) is 6.80. The second kappa shape index (κ2) is 5.93. The van der Waals surface area contributed by atoms with E-state index in [1.807, 2.05) is 24.3 Å². The highest BCUT2D eigenvalue weighted by atomic mass is 79.9. The van der Waals surface area contributed by atoms with Crippen LogP contribution < -0.4 is 0 Å². The zero-order chi connectivity index (χ0) is 14.8. The molecule has 108 valence electrons. The van der Waals surface area contributed by atoms with Crippen LogP contribution in [0.4, 0.5) is 4.39 Å². The van der Waals surface area contributed by atoms with Crippen LogP contribution >= 0.6 is 15.9 Å². The number of rotatable bonds is 4. The van der Waals surface area contributed by atoms with E-state index in [0.29, 0.717) is 6.54 Å². The van der Waals surface area contributed by atoms with Gasteiger partial charge in [-0.15, -0.1) is 0 Å². The molecule has 3 rings (SSSR count). The average molecular weight is 349 g/mol. The highest BCUT2D eigenvalue weighted by molar-refractivity contribution is 9.10. The van der Waals surface area contributed by atoms with Crippen LogP contribution in [0, 0.1) is 5.82 Å². The lowest BCUT2D eigenvalue weighted by Crippen LogP contribution is -2.33. The van der Waals surface area contributed by atoms with E-state index in [4.69, 9.17) is 0 Å².